The van der Waals surface area contributed by atoms with Crippen LogP contribution in [0.4, 0.5) is 0 Å². The first kappa shape index (κ1) is 16.6. The molecule has 112 valence electrons. The Labute approximate surface area is 143 Å². The van der Waals surface area contributed by atoms with E-state index in [1.54, 1.807) is 18.2 Å². The molecule has 0 saturated heterocycles. The Morgan fingerprint density at radius 3 is 2.62 bits per heavy atom. The van der Waals surface area contributed by atoms with Crippen LogP contribution in [0, 0.1) is 0 Å². The average molecular weight is 389 g/mol. The number of halogens is 3. The Balaban J connectivity index is 2.34. The summed E-state index contributed by atoms with van der Waals surface area (Å²) >= 11 is 15.8. The lowest BCUT2D eigenvalue weighted by Gasteiger charge is -2.16. The van der Waals surface area contributed by atoms with E-state index in [9.17, 15) is 0 Å². The maximum Gasteiger partial charge on any atom is 0.149 e. The SMILES string of the molecule is CCC(N)Cc1cccc(Cl)c1Oc1ccc(Br)cc1Cl. The maximum absolute atomic E-state index is 6.27. The van der Waals surface area contributed by atoms with Gasteiger partial charge in [0, 0.05) is 10.5 Å². The topological polar surface area (TPSA) is 35.2 Å². The molecule has 0 bridgehead atoms. The molecule has 2 aromatic carbocycles. The van der Waals surface area contributed by atoms with Gasteiger partial charge in [-0.3, -0.25) is 0 Å². The van der Waals surface area contributed by atoms with E-state index in [1.165, 1.54) is 0 Å². The van der Waals surface area contributed by atoms with Gasteiger partial charge in [0.2, 0.25) is 0 Å². The van der Waals surface area contributed by atoms with Crippen molar-refractivity contribution < 1.29 is 4.74 Å². The van der Waals surface area contributed by atoms with Crippen molar-refractivity contribution in [2.45, 2.75) is 25.8 Å². The molecule has 2 nitrogen and oxygen atoms in total. The molecule has 2 rings (SSSR count). The molecule has 21 heavy (non-hydrogen) atoms. The van der Waals surface area contributed by atoms with Crippen LogP contribution in [0.3, 0.4) is 0 Å². The number of hydrogen-bond donors (Lipinski definition) is 1. The van der Waals surface area contributed by atoms with Gasteiger partial charge >= 0.3 is 0 Å². The Hall–Kier alpha value is -0.740. The normalized spacial score (nSPS) is 12.2. The number of nitrogens with two attached hydrogens (primary N) is 1. The zero-order chi connectivity index (χ0) is 15.4. The molecule has 0 aliphatic heterocycles. The van der Waals surface area contributed by atoms with E-state index in [4.69, 9.17) is 33.7 Å². The first-order valence-corrected chi connectivity index (χ1v) is 8.22. The van der Waals surface area contributed by atoms with Crippen molar-refractivity contribution >= 4 is 39.1 Å². The maximum atomic E-state index is 6.27. The number of ether oxygens (including phenoxy) is 1. The van der Waals surface area contributed by atoms with E-state index >= 15 is 0 Å². The molecule has 0 amide bonds. The Bertz CT molecular complexity index is 634. The van der Waals surface area contributed by atoms with Crippen LogP contribution >= 0.6 is 39.1 Å². The second-order valence-electron chi connectivity index (χ2n) is 4.78. The molecule has 0 aliphatic carbocycles. The smallest absolute Gasteiger partial charge is 0.149 e. The van der Waals surface area contributed by atoms with Gasteiger partial charge in [-0.15, -0.1) is 0 Å². The van der Waals surface area contributed by atoms with Gasteiger partial charge in [0.15, 0.2) is 0 Å². The lowest BCUT2D eigenvalue weighted by Crippen LogP contribution is -2.21. The summed E-state index contributed by atoms with van der Waals surface area (Å²) in [4.78, 5) is 0. The zero-order valence-electron chi connectivity index (χ0n) is 11.6. The number of rotatable bonds is 5. The summed E-state index contributed by atoms with van der Waals surface area (Å²) in [5.74, 6) is 1.19. The van der Waals surface area contributed by atoms with Crippen LogP contribution in [0.2, 0.25) is 10.0 Å². The monoisotopic (exact) mass is 387 g/mol. The second kappa shape index (κ2) is 7.50. The van der Waals surface area contributed by atoms with E-state index in [0.29, 0.717) is 28.0 Å². The molecule has 1 unspecified atom stereocenters. The zero-order valence-corrected chi connectivity index (χ0v) is 14.7. The van der Waals surface area contributed by atoms with Crippen molar-refractivity contribution in [2.75, 3.05) is 0 Å². The fourth-order valence-corrected chi connectivity index (χ4v) is 2.87. The van der Waals surface area contributed by atoms with E-state index in [2.05, 4.69) is 22.9 Å². The van der Waals surface area contributed by atoms with Crippen molar-refractivity contribution in [3.63, 3.8) is 0 Å². The van der Waals surface area contributed by atoms with E-state index in [1.807, 2.05) is 18.2 Å². The van der Waals surface area contributed by atoms with Gasteiger partial charge in [-0.05, 0) is 42.7 Å². The quantitative estimate of drug-likeness (QED) is 0.699. The number of hydrogen-bond acceptors (Lipinski definition) is 2. The van der Waals surface area contributed by atoms with Crippen LogP contribution in [-0.2, 0) is 6.42 Å². The fraction of sp³-hybridized carbons (Fsp3) is 0.250. The minimum Gasteiger partial charge on any atom is -0.454 e. The van der Waals surface area contributed by atoms with Crippen molar-refractivity contribution in [1.82, 2.24) is 0 Å². The first-order valence-electron chi connectivity index (χ1n) is 6.67. The third-order valence-corrected chi connectivity index (χ3v) is 4.25. The van der Waals surface area contributed by atoms with E-state index in [-0.39, 0.29) is 6.04 Å². The fourth-order valence-electron chi connectivity index (χ4n) is 1.92. The average Bonchev–Trinajstić information content (AvgIpc) is 2.44. The molecule has 1 atom stereocenters. The lowest BCUT2D eigenvalue weighted by atomic mass is 10.0. The van der Waals surface area contributed by atoms with Crippen molar-refractivity contribution in [1.29, 1.82) is 0 Å². The molecule has 0 fully saturated rings. The van der Waals surface area contributed by atoms with Crippen molar-refractivity contribution in [2.24, 2.45) is 5.73 Å². The molecule has 0 aliphatic rings. The molecule has 0 aromatic heterocycles. The molecular weight excluding hydrogens is 373 g/mol. The molecular formula is C16H16BrCl2NO. The summed E-state index contributed by atoms with van der Waals surface area (Å²) in [6.45, 7) is 2.06. The molecule has 0 spiro atoms. The highest BCUT2D eigenvalue weighted by molar-refractivity contribution is 9.10. The van der Waals surface area contributed by atoms with Gasteiger partial charge in [-0.2, -0.15) is 0 Å². The lowest BCUT2D eigenvalue weighted by molar-refractivity contribution is 0.472. The summed E-state index contributed by atoms with van der Waals surface area (Å²) in [6, 6.07) is 11.2. The molecule has 0 heterocycles. The number of para-hydroxylation sites is 1. The first-order chi connectivity index (χ1) is 10.0. The summed E-state index contributed by atoms with van der Waals surface area (Å²) in [7, 11) is 0. The van der Waals surface area contributed by atoms with Gasteiger partial charge in [0.1, 0.15) is 11.5 Å². The Morgan fingerprint density at radius 1 is 1.19 bits per heavy atom. The predicted octanol–water partition coefficient (Wildman–Crippen LogP) is 5.83. The van der Waals surface area contributed by atoms with Gasteiger partial charge in [0.25, 0.3) is 0 Å². The molecule has 0 saturated carbocycles. The van der Waals surface area contributed by atoms with Crippen molar-refractivity contribution in [3.8, 4) is 11.5 Å². The van der Waals surface area contributed by atoms with Crippen molar-refractivity contribution in [3.05, 3.63) is 56.5 Å². The number of benzene rings is 2. The predicted molar refractivity (Wildman–Crippen MR) is 92.6 cm³/mol. The van der Waals surface area contributed by atoms with Gasteiger partial charge in [0.05, 0.1) is 10.0 Å². The van der Waals surface area contributed by atoms with Gasteiger partial charge in [-0.25, -0.2) is 0 Å². The third kappa shape index (κ3) is 4.36. The van der Waals surface area contributed by atoms with Gasteiger partial charge in [-0.1, -0.05) is 58.2 Å². The standard InChI is InChI=1S/C16H16BrCl2NO/c1-2-12(20)8-10-4-3-5-13(18)16(10)21-15-7-6-11(17)9-14(15)19/h3-7,9,12H,2,8,20H2,1H3. The van der Waals surface area contributed by atoms with Gasteiger partial charge < -0.3 is 10.5 Å². The molecule has 2 N–H and O–H groups in total. The van der Waals surface area contributed by atoms with Crippen LogP contribution in [0.25, 0.3) is 0 Å². The summed E-state index contributed by atoms with van der Waals surface area (Å²) in [5.41, 5.74) is 7.02. The third-order valence-electron chi connectivity index (χ3n) is 3.16. The van der Waals surface area contributed by atoms with Crippen LogP contribution in [0.15, 0.2) is 40.9 Å². The minimum absolute atomic E-state index is 0.0752. The molecule has 0 radical (unpaired) electrons. The van der Waals surface area contributed by atoms with Crippen LogP contribution in [-0.4, -0.2) is 6.04 Å². The highest BCUT2D eigenvalue weighted by atomic mass is 79.9. The minimum atomic E-state index is 0.0752. The Morgan fingerprint density at radius 2 is 1.95 bits per heavy atom. The van der Waals surface area contributed by atoms with E-state index in [0.717, 1.165) is 16.5 Å². The second-order valence-corrected chi connectivity index (χ2v) is 6.51. The highest BCUT2D eigenvalue weighted by Gasteiger charge is 2.14. The van der Waals surface area contributed by atoms with Crippen LogP contribution in [0.1, 0.15) is 18.9 Å². The molecule has 5 heteroatoms. The summed E-state index contributed by atoms with van der Waals surface area (Å²) < 4.78 is 6.83. The van der Waals surface area contributed by atoms with Crippen LogP contribution in [0.5, 0.6) is 11.5 Å². The largest absolute Gasteiger partial charge is 0.454 e. The molecule has 2 aromatic rings. The van der Waals surface area contributed by atoms with Crippen LogP contribution < -0.4 is 10.5 Å². The summed E-state index contributed by atoms with van der Waals surface area (Å²) in [6.07, 6.45) is 1.60. The highest BCUT2D eigenvalue weighted by Crippen LogP contribution is 2.37. The van der Waals surface area contributed by atoms with E-state index < -0.39 is 0 Å². The summed E-state index contributed by atoms with van der Waals surface area (Å²) in [5, 5.41) is 1.07. The Kier molecular flexibility index (Phi) is 5.94.